The minimum atomic E-state index is -1.51. The van der Waals surface area contributed by atoms with Gasteiger partial charge in [-0.15, -0.1) is 0 Å². The highest BCUT2D eigenvalue weighted by Crippen LogP contribution is 2.28. The second kappa shape index (κ2) is 10.8. The van der Waals surface area contributed by atoms with Gasteiger partial charge in [-0.25, -0.2) is 12.9 Å². The highest BCUT2D eigenvalue weighted by atomic mass is 35.5. The van der Waals surface area contributed by atoms with Crippen LogP contribution < -0.4 is 0 Å². The monoisotopic (exact) mass is 469 g/mol. The average Bonchev–Trinajstić information content (AvgIpc) is 3.16. The van der Waals surface area contributed by atoms with E-state index in [2.05, 4.69) is 0 Å². The Morgan fingerprint density at radius 2 is 2.00 bits per heavy atom. The number of hydrogen-bond acceptors (Lipinski definition) is 7. The lowest BCUT2D eigenvalue weighted by Crippen LogP contribution is -2.37. The van der Waals surface area contributed by atoms with Gasteiger partial charge in [0.1, 0.15) is 28.5 Å². The molecule has 0 amide bonds. The summed E-state index contributed by atoms with van der Waals surface area (Å²) in [5, 5.41) is 36.3. The number of benzene rings is 2. The summed E-state index contributed by atoms with van der Waals surface area (Å²) in [4.78, 5) is 0.796. The summed E-state index contributed by atoms with van der Waals surface area (Å²) in [6.07, 6.45) is 0.364. The molecule has 0 aliphatic carbocycles. The van der Waals surface area contributed by atoms with Gasteiger partial charge in [0.25, 0.3) is 0 Å². The lowest BCUT2D eigenvalue weighted by atomic mass is 10.1. The van der Waals surface area contributed by atoms with Gasteiger partial charge in [0.05, 0.1) is 33.7 Å². The molecule has 2 aromatic rings. The minimum Gasteiger partial charge on any atom is -0.393 e. The Kier molecular flexibility index (Phi) is 8.77. The predicted octanol–water partition coefficient (Wildman–Crippen LogP) is 2.93. The van der Waals surface area contributed by atoms with Crippen LogP contribution in [-0.4, -0.2) is 48.6 Å². The third kappa shape index (κ3) is 6.00. The van der Waals surface area contributed by atoms with Gasteiger partial charge in [-0.3, -0.25) is 0 Å². The number of β-amino-alcohol motifs (C(OH)–C–C–N with tert-alkyl or cyclic N) is 1. The van der Waals surface area contributed by atoms with Gasteiger partial charge in [-0.1, -0.05) is 11.6 Å². The van der Waals surface area contributed by atoms with E-state index in [0.29, 0.717) is 40.4 Å². The standard InChI is InChI=1S/C12H13ClN2O3S.C7H4FNOS/c13-10-5-9(6-14)1-2-11(10)19(18)15-4-3-12(17,7-15)8-16;8-7-3-6(11-10)2-1-5(7)4-9/h1-2,5,16-17H,3-4,7-8H2;1-3,10H. The fourth-order valence-electron chi connectivity index (χ4n) is 2.58. The second-order valence-electron chi connectivity index (χ2n) is 6.35. The van der Waals surface area contributed by atoms with E-state index in [0.717, 1.165) is 6.07 Å². The van der Waals surface area contributed by atoms with Crippen molar-refractivity contribution < 1.29 is 23.4 Å². The summed E-state index contributed by atoms with van der Waals surface area (Å²) in [5.74, 6) is -0.605. The first kappa shape index (κ1) is 24.3. The topological polar surface area (TPSA) is 129 Å². The number of nitriles is 2. The molecule has 1 aliphatic heterocycles. The van der Waals surface area contributed by atoms with Crippen molar-refractivity contribution in [2.45, 2.75) is 21.8 Å². The quantitative estimate of drug-likeness (QED) is 0.587. The van der Waals surface area contributed by atoms with Crippen molar-refractivity contribution in [3.05, 3.63) is 58.4 Å². The fourth-order valence-corrected chi connectivity index (χ4v) is 4.55. The molecule has 2 unspecified atom stereocenters. The van der Waals surface area contributed by atoms with Crippen LogP contribution >= 0.6 is 23.6 Å². The summed E-state index contributed by atoms with van der Waals surface area (Å²) in [6.45, 7) is 0.189. The lowest BCUT2D eigenvalue weighted by molar-refractivity contribution is -0.000503. The molecular weight excluding hydrogens is 453 g/mol. The highest BCUT2D eigenvalue weighted by molar-refractivity contribution is 7.93. The second-order valence-corrected chi connectivity index (χ2v) is 8.86. The van der Waals surface area contributed by atoms with Gasteiger partial charge in [-0.2, -0.15) is 10.5 Å². The zero-order valence-corrected chi connectivity index (χ0v) is 17.8. The molecule has 3 N–H and O–H groups in total. The van der Waals surface area contributed by atoms with E-state index in [1.807, 2.05) is 6.07 Å². The number of rotatable bonds is 4. The maximum absolute atomic E-state index is 12.7. The first-order valence-electron chi connectivity index (χ1n) is 8.47. The normalized spacial score (nSPS) is 19.3. The van der Waals surface area contributed by atoms with Crippen molar-refractivity contribution in [1.29, 1.82) is 10.5 Å². The highest BCUT2D eigenvalue weighted by Gasteiger charge is 2.38. The van der Waals surface area contributed by atoms with Crippen LogP contribution in [0.3, 0.4) is 0 Å². The van der Waals surface area contributed by atoms with E-state index in [1.165, 1.54) is 18.2 Å². The zero-order valence-electron chi connectivity index (χ0n) is 15.5. The van der Waals surface area contributed by atoms with Gasteiger partial charge >= 0.3 is 0 Å². The number of hydrogen-bond donors (Lipinski definition) is 3. The van der Waals surface area contributed by atoms with E-state index < -0.39 is 22.4 Å². The Bertz CT molecular complexity index is 1030. The molecule has 1 heterocycles. The lowest BCUT2D eigenvalue weighted by Gasteiger charge is -2.20. The third-order valence-corrected chi connectivity index (χ3v) is 6.64. The van der Waals surface area contributed by atoms with Crippen LogP contribution in [0.1, 0.15) is 17.5 Å². The maximum Gasteiger partial charge on any atom is 0.142 e. The van der Waals surface area contributed by atoms with Crippen LogP contribution in [0.15, 0.2) is 46.2 Å². The Morgan fingerprint density at radius 3 is 2.50 bits per heavy atom. The van der Waals surface area contributed by atoms with Gasteiger partial charge in [-0.05, 0) is 42.8 Å². The van der Waals surface area contributed by atoms with Gasteiger partial charge in [0.2, 0.25) is 0 Å². The Morgan fingerprint density at radius 1 is 1.27 bits per heavy atom. The molecule has 2 atom stereocenters. The molecule has 0 radical (unpaired) electrons. The van der Waals surface area contributed by atoms with Crippen molar-refractivity contribution >= 4 is 34.6 Å². The number of halogens is 2. The van der Waals surface area contributed by atoms with E-state index in [9.17, 15) is 13.7 Å². The zero-order chi connectivity index (χ0) is 22.3. The summed E-state index contributed by atoms with van der Waals surface area (Å²) in [5.41, 5.74) is -0.809. The SMILES string of the molecule is N#Cc1ccc(S(=O)N2CCC(O)(CO)C2)c(Cl)c1.N#Cc1ccc(SO)cc1F. The number of aliphatic hydroxyl groups is 2. The van der Waals surface area contributed by atoms with E-state index in [1.54, 1.807) is 22.5 Å². The first-order chi connectivity index (χ1) is 14.3. The van der Waals surface area contributed by atoms with Crippen LogP contribution in [0.2, 0.25) is 5.02 Å². The molecule has 2 aromatic carbocycles. The Labute approximate surface area is 184 Å². The van der Waals surface area contributed by atoms with E-state index in [-0.39, 0.29) is 23.7 Å². The molecule has 1 aliphatic rings. The minimum absolute atomic E-state index is 0.0113. The number of nitrogens with zero attached hydrogens (tertiary/aromatic N) is 3. The third-order valence-electron chi connectivity index (χ3n) is 4.24. The van der Waals surface area contributed by atoms with Crippen molar-refractivity contribution in [1.82, 2.24) is 4.31 Å². The van der Waals surface area contributed by atoms with Crippen LogP contribution in [-0.2, 0) is 11.0 Å². The van der Waals surface area contributed by atoms with Crippen LogP contribution in [0, 0.1) is 28.5 Å². The van der Waals surface area contributed by atoms with Crippen molar-refractivity contribution in [2.75, 3.05) is 19.7 Å². The molecule has 3 rings (SSSR count). The molecular formula is C19H17ClFN3O4S2. The van der Waals surface area contributed by atoms with Crippen LogP contribution in [0.5, 0.6) is 0 Å². The Hall–Kier alpha value is -2.02. The van der Waals surface area contributed by atoms with Gasteiger partial charge < -0.3 is 14.8 Å². The van der Waals surface area contributed by atoms with Crippen LogP contribution in [0.25, 0.3) is 0 Å². The fraction of sp³-hybridized carbons (Fsp3) is 0.263. The first-order valence-corrected chi connectivity index (χ1v) is 10.7. The molecule has 1 saturated heterocycles. The molecule has 1 fully saturated rings. The van der Waals surface area contributed by atoms with E-state index >= 15 is 0 Å². The molecule has 30 heavy (non-hydrogen) atoms. The van der Waals surface area contributed by atoms with Crippen molar-refractivity contribution in [2.24, 2.45) is 0 Å². The molecule has 0 spiro atoms. The average molecular weight is 470 g/mol. The molecule has 0 saturated carbocycles. The Balaban J connectivity index is 0.000000248. The summed E-state index contributed by atoms with van der Waals surface area (Å²) in [7, 11) is -1.51. The molecule has 0 aromatic heterocycles. The van der Waals surface area contributed by atoms with Crippen LogP contribution in [0.4, 0.5) is 4.39 Å². The van der Waals surface area contributed by atoms with Crippen molar-refractivity contribution in [3.63, 3.8) is 0 Å². The summed E-state index contributed by atoms with van der Waals surface area (Å²) >= 11 is 6.46. The summed E-state index contributed by atoms with van der Waals surface area (Å²) in [6, 6.07) is 12.1. The van der Waals surface area contributed by atoms with Crippen molar-refractivity contribution in [3.8, 4) is 12.1 Å². The predicted molar refractivity (Wildman–Crippen MR) is 110 cm³/mol. The van der Waals surface area contributed by atoms with Gasteiger partial charge in [0.15, 0.2) is 0 Å². The smallest absolute Gasteiger partial charge is 0.142 e. The number of aliphatic hydroxyl groups excluding tert-OH is 1. The van der Waals surface area contributed by atoms with Gasteiger partial charge in [0, 0.05) is 30.0 Å². The molecule has 7 nitrogen and oxygen atoms in total. The van der Waals surface area contributed by atoms with E-state index in [4.69, 9.17) is 31.8 Å². The summed E-state index contributed by atoms with van der Waals surface area (Å²) < 4.78 is 35.1. The molecule has 11 heteroatoms. The largest absolute Gasteiger partial charge is 0.393 e. The maximum atomic E-state index is 12.7. The molecule has 0 bridgehead atoms. The molecule has 158 valence electrons.